The summed E-state index contributed by atoms with van der Waals surface area (Å²) >= 11 is 6.25. The van der Waals surface area contributed by atoms with Gasteiger partial charge in [0.15, 0.2) is 5.82 Å². The lowest BCUT2D eigenvalue weighted by atomic mass is 10.1. The zero-order chi connectivity index (χ0) is 22.0. The predicted molar refractivity (Wildman–Crippen MR) is 118 cm³/mol. The SMILES string of the molecule is Cc1cc(C)n(-c2ccc(Cl)c(C(=O)NCc3cccc(CN4CCCC4=O)c3)n2)n1. The van der Waals surface area contributed by atoms with E-state index in [1.54, 1.807) is 16.8 Å². The smallest absolute Gasteiger partial charge is 0.271 e. The van der Waals surface area contributed by atoms with Gasteiger partial charge in [-0.3, -0.25) is 9.59 Å². The van der Waals surface area contributed by atoms with Gasteiger partial charge in [-0.15, -0.1) is 0 Å². The number of benzene rings is 1. The third kappa shape index (κ3) is 4.77. The number of aromatic nitrogens is 3. The molecular weight excluding hydrogens is 414 g/mol. The standard InChI is InChI=1S/C23H24ClN5O2/c1-15-11-16(2)29(27-15)20-9-8-19(24)22(26-20)23(31)25-13-17-5-3-6-18(12-17)14-28-10-4-7-21(28)30/h3,5-6,8-9,11-12H,4,7,10,13-14H2,1-2H3,(H,25,31). The van der Waals surface area contributed by atoms with Crippen molar-refractivity contribution < 1.29 is 9.59 Å². The maximum atomic E-state index is 12.8. The Hall–Kier alpha value is -3.19. The van der Waals surface area contributed by atoms with Crippen molar-refractivity contribution in [3.8, 4) is 5.82 Å². The molecule has 1 N–H and O–H groups in total. The second-order valence-electron chi connectivity index (χ2n) is 7.76. The van der Waals surface area contributed by atoms with Gasteiger partial charge in [-0.1, -0.05) is 35.9 Å². The molecular formula is C23H24ClN5O2. The predicted octanol–water partition coefficient (Wildman–Crippen LogP) is 3.59. The first kappa shape index (κ1) is 21.1. The molecule has 0 bridgehead atoms. The highest BCUT2D eigenvalue weighted by molar-refractivity contribution is 6.33. The quantitative estimate of drug-likeness (QED) is 0.639. The van der Waals surface area contributed by atoms with E-state index >= 15 is 0 Å². The molecule has 0 aliphatic carbocycles. The number of carbonyl (C=O) groups excluding carboxylic acids is 2. The van der Waals surface area contributed by atoms with Crippen LogP contribution in [0.5, 0.6) is 0 Å². The van der Waals surface area contributed by atoms with Gasteiger partial charge in [0.2, 0.25) is 5.91 Å². The Labute approximate surface area is 186 Å². The zero-order valence-electron chi connectivity index (χ0n) is 17.6. The minimum atomic E-state index is -0.353. The number of hydrogen-bond acceptors (Lipinski definition) is 4. The summed E-state index contributed by atoms with van der Waals surface area (Å²) in [5.41, 5.74) is 3.95. The Balaban J connectivity index is 1.45. The van der Waals surface area contributed by atoms with E-state index in [0.717, 1.165) is 35.5 Å². The van der Waals surface area contributed by atoms with E-state index in [1.165, 1.54) is 0 Å². The number of amides is 2. The summed E-state index contributed by atoms with van der Waals surface area (Å²) in [5.74, 6) is 0.382. The average Bonchev–Trinajstić information content (AvgIpc) is 3.31. The zero-order valence-corrected chi connectivity index (χ0v) is 18.3. The first-order valence-electron chi connectivity index (χ1n) is 10.2. The molecule has 1 saturated heterocycles. The summed E-state index contributed by atoms with van der Waals surface area (Å²) in [4.78, 5) is 30.9. The molecule has 0 unspecified atom stereocenters. The maximum Gasteiger partial charge on any atom is 0.271 e. The Morgan fingerprint density at radius 3 is 2.68 bits per heavy atom. The number of pyridine rings is 1. The van der Waals surface area contributed by atoms with Crippen molar-refractivity contribution in [1.82, 2.24) is 25.0 Å². The van der Waals surface area contributed by atoms with E-state index in [-0.39, 0.29) is 22.5 Å². The highest BCUT2D eigenvalue weighted by atomic mass is 35.5. The normalized spacial score (nSPS) is 13.6. The first-order chi connectivity index (χ1) is 14.9. The fraction of sp³-hybridized carbons (Fsp3) is 0.304. The third-order valence-corrected chi connectivity index (χ3v) is 5.57. The number of rotatable bonds is 6. The van der Waals surface area contributed by atoms with E-state index < -0.39 is 0 Å². The molecule has 8 heteroatoms. The van der Waals surface area contributed by atoms with E-state index in [9.17, 15) is 9.59 Å². The fourth-order valence-electron chi connectivity index (χ4n) is 3.77. The van der Waals surface area contributed by atoms with Crippen molar-refractivity contribution >= 4 is 23.4 Å². The van der Waals surface area contributed by atoms with E-state index in [4.69, 9.17) is 11.6 Å². The largest absolute Gasteiger partial charge is 0.347 e. The highest BCUT2D eigenvalue weighted by Crippen LogP contribution is 2.19. The number of nitrogens with one attached hydrogen (secondary N) is 1. The Kier molecular flexibility index (Phi) is 6.04. The monoisotopic (exact) mass is 437 g/mol. The average molecular weight is 438 g/mol. The van der Waals surface area contributed by atoms with Crippen LogP contribution in [0.1, 0.15) is 45.8 Å². The van der Waals surface area contributed by atoms with Crippen LogP contribution in [0.4, 0.5) is 0 Å². The molecule has 1 aromatic carbocycles. The minimum Gasteiger partial charge on any atom is -0.347 e. The highest BCUT2D eigenvalue weighted by Gasteiger charge is 2.20. The van der Waals surface area contributed by atoms with Gasteiger partial charge in [-0.2, -0.15) is 5.10 Å². The van der Waals surface area contributed by atoms with Gasteiger partial charge in [-0.05, 0) is 49.6 Å². The van der Waals surface area contributed by atoms with E-state index in [2.05, 4.69) is 15.4 Å². The summed E-state index contributed by atoms with van der Waals surface area (Å²) < 4.78 is 1.69. The Bertz CT molecular complexity index is 1140. The molecule has 3 heterocycles. The van der Waals surface area contributed by atoms with Crippen LogP contribution < -0.4 is 5.32 Å². The number of likely N-dealkylation sites (tertiary alicyclic amines) is 1. The van der Waals surface area contributed by atoms with Crippen LogP contribution in [0.2, 0.25) is 5.02 Å². The van der Waals surface area contributed by atoms with E-state index in [1.807, 2.05) is 49.1 Å². The lowest BCUT2D eigenvalue weighted by molar-refractivity contribution is -0.128. The molecule has 7 nitrogen and oxygen atoms in total. The number of hydrogen-bond donors (Lipinski definition) is 1. The van der Waals surface area contributed by atoms with Crippen LogP contribution in [0.15, 0.2) is 42.5 Å². The molecule has 2 aromatic heterocycles. The van der Waals surface area contributed by atoms with Gasteiger partial charge >= 0.3 is 0 Å². The molecule has 1 aliphatic heterocycles. The Morgan fingerprint density at radius 1 is 1.16 bits per heavy atom. The van der Waals surface area contributed by atoms with Crippen molar-refractivity contribution in [2.24, 2.45) is 0 Å². The van der Waals surface area contributed by atoms with Gasteiger partial charge in [-0.25, -0.2) is 9.67 Å². The molecule has 160 valence electrons. The second kappa shape index (κ2) is 8.89. The summed E-state index contributed by atoms with van der Waals surface area (Å²) in [5, 5.41) is 7.58. The van der Waals surface area contributed by atoms with Gasteiger partial charge in [0.1, 0.15) is 5.69 Å². The molecule has 0 saturated carbocycles. The number of aryl methyl sites for hydroxylation is 2. The fourth-order valence-corrected chi connectivity index (χ4v) is 3.96. The molecule has 0 radical (unpaired) electrons. The van der Waals surface area contributed by atoms with Gasteiger partial charge < -0.3 is 10.2 Å². The van der Waals surface area contributed by atoms with Crippen LogP contribution in [-0.4, -0.2) is 38.0 Å². The van der Waals surface area contributed by atoms with Gasteiger partial charge in [0, 0.05) is 31.7 Å². The molecule has 0 spiro atoms. The lowest BCUT2D eigenvalue weighted by Crippen LogP contribution is -2.25. The van der Waals surface area contributed by atoms with Crippen LogP contribution in [-0.2, 0) is 17.9 Å². The summed E-state index contributed by atoms with van der Waals surface area (Å²) in [6.45, 7) is 5.57. The van der Waals surface area contributed by atoms with Crippen molar-refractivity contribution in [3.63, 3.8) is 0 Å². The summed E-state index contributed by atoms with van der Waals surface area (Å²) in [7, 11) is 0. The topological polar surface area (TPSA) is 80.1 Å². The molecule has 1 aliphatic rings. The number of nitrogens with zero attached hydrogens (tertiary/aromatic N) is 4. The maximum absolute atomic E-state index is 12.8. The van der Waals surface area contributed by atoms with Gasteiger partial charge in [0.25, 0.3) is 5.91 Å². The third-order valence-electron chi connectivity index (χ3n) is 5.26. The van der Waals surface area contributed by atoms with Crippen LogP contribution in [0, 0.1) is 13.8 Å². The van der Waals surface area contributed by atoms with Crippen LogP contribution in [0.3, 0.4) is 0 Å². The molecule has 0 atom stereocenters. The first-order valence-corrected chi connectivity index (χ1v) is 10.6. The second-order valence-corrected chi connectivity index (χ2v) is 8.17. The lowest BCUT2D eigenvalue weighted by Gasteiger charge is -2.16. The van der Waals surface area contributed by atoms with Gasteiger partial charge in [0.05, 0.1) is 10.7 Å². The molecule has 31 heavy (non-hydrogen) atoms. The van der Waals surface area contributed by atoms with Crippen molar-refractivity contribution in [3.05, 3.63) is 75.7 Å². The van der Waals surface area contributed by atoms with Crippen molar-refractivity contribution in [1.29, 1.82) is 0 Å². The van der Waals surface area contributed by atoms with E-state index in [0.29, 0.717) is 25.3 Å². The molecule has 3 aromatic rings. The number of carbonyl (C=O) groups is 2. The number of halogens is 1. The van der Waals surface area contributed by atoms with Crippen LogP contribution >= 0.6 is 11.6 Å². The van der Waals surface area contributed by atoms with Crippen LogP contribution in [0.25, 0.3) is 5.82 Å². The van der Waals surface area contributed by atoms with Crippen molar-refractivity contribution in [2.45, 2.75) is 39.8 Å². The molecule has 2 amide bonds. The summed E-state index contributed by atoms with van der Waals surface area (Å²) in [6.07, 6.45) is 1.54. The van der Waals surface area contributed by atoms with Crippen molar-refractivity contribution in [2.75, 3.05) is 6.54 Å². The minimum absolute atomic E-state index is 0.158. The Morgan fingerprint density at radius 2 is 1.97 bits per heavy atom. The molecule has 4 rings (SSSR count). The summed E-state index contributed by atoms with van der Waals surface area (Å²) in [6, 6.07) is 13.2. The molecule has 1 fully saturated rings.